The number of hydrogen-bond donors (Lipinski definition) is 0. The summed E-state index contributed by atoms with van der Waals surface area (Å²) in [5.41, 5.74) is -0.640. The summed E-state index contributed by atoms with van der Waals surface area (Å²) in [4.78, 5) is 11.4. The number of rotatable bonds is 8. The van der Waals surface area contributed by atoms with Crippen molar-refractivity contribution in [2.75, 3.05) is 13.2 Å². The molecule has 5 nitrogen and oxygen atoms in total. The first-order valence-electron chi connectivity index (χ1n) is 10.3. The fraction of sp³-hybridized carbons (Fsp3) is 0.292. The number of hydrogen-bond acceptors (Lipinski definition) is 5. The van der Waals surface area contributed by atoms with E-state index in [0.29, 0.717) is 11.3 Å². The van der Waals surface area contributed by atoms with E-state index in [9.17, 15) is 31.1 Å². The van der Waals surface area contributed by atoms with Gasteiger partial charge in [-0.15, -0.1) is 0 Å². The number of carbonyl (C=O) groups is 1. The Labute approximate surface area is 196 Å². The highest BCUT2D eigenvalue weighted by molar-refractivity contribution is 5.71. The minimum Gasteiger partial charge on any atom is -0.489 e. The van der Waals surface area contributed by atoms with Crippen molar-refractivity contribution < 1.29 is 49.8 Å². The number of alkyl halides is 6. The van der Waals surface area contributed by atoms with Crippen LogP contribution in [0.5, 0.6) is 11.5 Å². The third-order valence-corrected chi connectivity index (χ3v) is 4.75. The molecule has 0 aliphatic carbocycles. The van der Waals surface area contributed by atoms with Crippen LogP contribution in [0.4, 0.5) is 26.3 Å². The molecule has 1 aromatic heterocycles. The van der Waals surface area contributed by atoms with Crippen LogP contribution in [0.1, 0.15) is 29.4 Å². The van der Waals surface area contributed by atoms with Crippen LogP contribution in [-0.2, 0) is 28.5 Å². The minimum atomic E-state index is -4.84. The molecule has 3 rings (SSSR count). The van der Waals surface area contributed by atoms with Crippen molar-refractivity contribution in [2.24, 2.45) is 0 Å². The number of ether oxygens (including phenoxy) is 3. The molecule has 0 radical (unpaired) electrons. The van der Waals surface area contributed by atoms with E-state index in [1.807, 2.05) is 0 Å². The molecular weight excluding hydrogens is 482 g/mol. The van der Waals surface area contributed by atoms with Gasteiger partial charge >= 0.3 is 18.3 Å². The second-order valence-electron chi connectivity index (χ2n) is 7.35. The van der Waals surface area contributed by atoms with Gasteiger partial charge in [-0.3, -0.25) is 0 Å². The van der Waals surface area contributed by atoms with E-state index in [0.717, 1.165) is 30.3 Å². The largest absolute Gasteiger partial charge is 0.489 e. The van der Waals surface area contributed by atoms with E-state index >= 15 is 0 Å². The van der Waals surface area contributed by atoms with Crippen molar-refractivity contribution in [3.05, 3.63) is 71.0 Å². The SMILES string of the molecule is CCOC(=O)COc1ccc(OCc2cc(-c3ccc(C(F)(F)F)cc3)oc2C(F)(F)F)cc1C. The van der Waals surface area contributed by atoms with Crippen LogP contribution >= 0.6 is 0 Å². The molecule has 35 heavy (non-hydrogen) atoms. The number of aryl methyl sites for hydroxylation is 1. The molecule has 0 N–H and O–H groups in total. The van der Waals surface area contributed by atoms with E-state index in [1.165, 1.54) is 18.2 Å². The van der Waals surface area contributed by atoms with Gasteiger partial charge in [-0.05, 0) is 55.8 Å². The van der Waals surface area contributed by atoms with E-state index in [1.54, 1.807) is 13.8 Å². The summed E-state index contributed by atoms with van der Waals surface area (Å²) in [7, 11) is 0. The van der Waals surface area contributed by atoms with Gasteiger partial charge < -0.3 is 18.6 Å². The summed E-state index contributed by atoms with van der Waals surface area (Å²) >= 11 is 0. The molecular formula is C24H20F6O5. The van der Waals surface area contributed by atoms with Gasteiger partial charge in [0.1, 0.15) is 23.9 Å². The van der Waals surface area contributed by atoms with Crippen molar-refractivity contribution in [2.45, 2.75) is 32.8 Å². The van der Waals surface area contributed by atoms with Crippen LogP contribution in [-0.4, -0.2) is 19.2 Å². The third-order valence-electron chi connectivity index (χ3n) is 4.75. The quantitative estimate of drug-likeness (QED) is 0.250. The van der Waals surface area contributed by atoms with Gasteiger partial charge in [-0.25, -0.2) is 4.79 Å². The summed E-state index contributed by atoms with van der Waals surface area (Å²) < 4.78 is 99.3. The molecule has 0 saturated heterocycles. The number of furan rings is 1. The molecule has 0 unspecified atom stereocenters. The summed E-state index contributed by atoms with van der Waals surface area (Å²) in [6.07, 6.45) is -9.42. The van der Waals surface area contributed by atoms with Gasteiger partial charge in [0.15, 0.2) is 6.61 Å². The standard InChI is InChI=1S/C24H20F6O5/c1-3-32-21(31)13-34-19-9-8-18(10-14(19)2)33-12-16-11-20(35-22(16)24(28,29)30)15-4-6-17(7-5-15)23(25,26)27/h4-11H,3,12-13H2,1-2H3. The fourth-order valence-corrected chi connectivity index (χ4v) is 3.12. The van der Waals surface area contributed by atoms with Crippen LogP contribution in [0.3, 0.4) is 0 Å². The van der Waals surface area contributed by atoms with Crippen LogP contribution < -0.4 is 9.47 Å². The monoisotopic (exact) mass is 502 g/mol. The second-order valence-corrected chi connectivity index (χ2v) is 7.35. The second kappa shape index (κ2) is 10.3. The van der Waals surface area contributed by atoms with E-state index < -0.39 is 36.3 Å². The van der Waals surface area contributed by atoms with Gasteiger partial charge in [-0.1, -0.05) is 12.1 Å². The van der Waals surface area contributed by atoms with Crippen molar-refractivity contribution in [3.8, 4) is 22.8 Å². The molecule has 0 fully saturated rings. The van der Waals surface area contributed by atoms with E-state index in [4.69, 9.17) is 18.6 Å². The lowest BCUT2D eigenvalue weighted by atomic mass is 10.1. The Hall–Kier alpha value is -3.63. The lowest BCUT2D eigenvalue weighted by molar-refractivity contribution is -0.153. The van der Waals surface area contributed by atoms with E-state index in [-0.39, 0.29) is 35.9 Å². The van der Waals surface area contributed by atoms with Gasteiger partial charge in [0.2, 0.25) is 5.76 Å². The van der Waals surface area contributed by atoms with Gasteiger partial charge in [0.05, 0.1) is 12.2 Å². The van der Waals surface area contributed by atoms with Gasteiger partial charge in [-0.2, -0.15) is 26.3 Å². The molecule has 0 aliphatic rings. The maximum Gasteiger partial charge on any atom is 0.449 e. The molecule has 0 aliphatic heterocycles. The molecule has 2 aromatic carbocycles. The van der Waals surface area contributed by atoms with Gasteiger partial charge in [0, 0.05) is 11.1 Å². The number of benzene rings is 2. The molecule has 1 heterocycles. The Morgan fingerprint density at radius 3 is 2.17 bits per heavy atom. The summed E-state index contributed by atoms with van der Waals surface area (Å²) in [5, 5.41) is 0. The molecule has 0 amide bonds. The summed E-state index contributed by atoms with van der Waals surface area (Å²) in [6.45, 7) is 2.72. The maximum absolute atomic E-state index is 13.5. The zero-order valence-electron chi connectivity index (χ0n) is 18.5. The Morgan fingerprint density at radius 2 is 1.60 bits per heavy atom. The first kappa shape index (κ1) is 26.0. The lowest BCUT2D eigenvalue weighted by Gasteiger charge is -2.12. The lowest BCUT2D eigenvalue weighted by Crippen LogP contribution is -2.14. The highest BCUT2D eigenvalue weighted by Gasteiger charge is 2.39. The predicted octanol–water partition coefficient (Wildman–Crippen LogP) is 6.81. The Kier molecular flexibility index (Phi) is 7.67. The summed E-state index contributed by atoms with van der Waals surface area (Å²) in [6, 6.07) is 9.13. The summed E-state index contributed by atoms with van der Waals surface area (Å²) in [5.74, 6) is -1.50. The topological polar surface area (TPSA) is 57.9 Å². The van der Waals surface area contributed by atoms with Crippen LogP contribution in [0.25, 0.3) is 11.3 Å². The number of carbonyl (C=O) groups excluding carboxylic acids is 1. The maximum atomic E-state index is 13.5. The van der Waals surface area contributed by atoms with Crippen LogP contribution in [0, 0.1) is 6.92 Å². The third kappa shape index (κ3) is 6.71. The van der Waals surface area contributed by atoms with Gasteiger partial charge in [0.25, 0.3) is 0 Å². The molecule has 0 bridgehead atoms. The molecule has 188 valence electrons. The average molecular weight is 502 g/mol. The van der Waals surface area contributed by atoms with Crippen LogP contribution in [0.2, 0.25) is 0 Å². The number of halogens is 6. The van der Waals surface area contributed by atoms with Crippen molar-refractivity contribution in [3.63, 3.8) is 0 Å². The predicted molar refractivity (Wildman–Crippen MR) is 112 cm³/mol. The first-order chi connectivity index (χ1) is 16.4. The average Bonchev–Trinajstić information content (AvgIpc) is 3.22. The van der Waals surface area contributed by atoms with Crippen molar-refractivity contribution in [1.82, 2.24) is 0 Å². The first-order valence-corrected chi connectivity index (χ1v) is 10.3. The number of esters is 1. The molecule has 0 spiro atoms. The molecule has 0 saturated carbocycles. The highest BCUT2D eigenvalue weighted by Crippen LogP contribution is 2.38. The van der Waals surface area contributed by atoms with E-state index in [2.05, 4.69) is 0 Å². The zero-order chi connectivity index (χ0) is 25.8. The fourth-order valence-electron chi connectivity index (χ4n) is 3.12. The molecule has 0 atom stereocenters. The normalized spacial score (nSPS) is 11.9. The van der Waals surface area contributed by atoms with Crippen molar-refractivity contribution in [1.29, 1.82) is 0 Å². The van der Waals surface area contributed by atoms with Crippen molar-refractivity contribution >= 4 is 5.97 Å². The Balaban J connectivity index is 1.76. The Morgan fingerprint density at radius 1 is 0.914 bits per heavy atom. The molecule has 11 heteroatoms. The molecule has 3 aromatic rings. The van der Waals surface area contributed by atoms with Crippen LogP contribution in [0.15, 0.2) is 52.9 Å². The minimum absolute atomic E-state index is 0.0497. The Bertz CT molecular complexity index is 1160. The highest BCUT2D eigenvalue weighted by atomic mass is 19.4. The zero-order valence-corrected chi connectivity index (χ0v) is 18.5. The smallest absolute Gasteiger partial charge is 0.449 e.